The summed E-state index contributed by atoms with van der Waals surface area (Å²) in [6, 6.07) is 1.84. The third-order valence-electron chi connectivity index (χ3n) is 3.86. The molecule has 2 aliphatic carbocycles. The van der Waals surface area contributed by atoms with E-state index in [9.17, 15) is 0 Å². The highest BCUT2D eigenvalue weighted by atomic mass is 15.2. The number of hydrogen-bond donors (Lipinski definition) is 1. The molecule has 2 atom stereocenters. The van der Waals surface area contributed by atoms with Crippen LogP contribution >= 0.6 is 0 Å². The van der Waals surface area contributed by atoms with Gasteiger partial charge in [-0.25, -0.2) is 0 Å². The highest BCUT2D eigenvalue weighted by molar-refractivity contribution is 4.96. The third-order valence-corrected chi connectivity index (χ3v) is 3.86. The summed E-state index contributed by atoms with van der Waals surface area (Å²) >= 11 is 0. The predicted molar refractivity (Wildman–Crippen MR) is 65.0 cm³/mol. The summed E-state index contributed by atoms with van der Waals surface area (Å²) in [5, 5.41) is 3.34. The maximum atomic E-state index is 3.34. The van der Waals surface area contributed by atoms with Gasteiger partial charge in [-0.15, -0.1) is 0 Å². The lowest BCUT2D eigenvalue weighted by atomic mass is 9.78. The zero-order valence-electron chi connectivity index (χ0n) is 10.5. The second-order valence-corrected chi connectivity index (χ2v) is 5.78. The van der Waals surface area contributed by atoms with Crippen LogP contribution in [0.1, 0.15) is 39.5 Å². The Morgan fingerprint density at radius 2 is 1.93 bits per heavy atom. The maximum Gasteiger partial charge on any atom is 0.0139 e. The lowest BCUT2D eigenvalue weighted by Gasteiger charge is -2.45. The van der Waals surface area contributed by atoms with Gasteiger partial charge >= 0.3 is 0 Å². The van der Waals surface area contributed by atoms with Crippen molar-refractivity contribution >= 4 is 0 Å². The molecule has 0 aliphatic heterocycles. The van der Waals surface area contributed by atoms with E-state index in [1.807, 2.05) is 0 Å². The summed E-state index contributed by atoms with van der Waals surface area (Å²) in [6.45, 7) is 7.23. The van der Waals surface area contributed by atoms with Crippen LogP contribution in [0.3, 0.4) is 0 Å². The molecule has 2 aliphatic rings. The van der Waals surface area contributed by atoms with E-state index >= 15 is 0 Å². The van der Waals surface area contributed by atoms with Crippen molar-refractivity contribution in [3.05, 3.63) is 0 Å². The van der Waals surface area contributed by atoms with Crippen molar-refractivity contribution in [3.8, 4) is 0 Å². The average Bonchev–Trinajstić information content (AvgIpc) is 2.93. The van der Waals surface area contributed by atoms with E-state index in [0.29, 0.717) is 0 Å². The van der Waals surface area contributed by atoms with Gasteiger partial charge in [0.1, 0.15) is 0 Å². The van der Waals surface area contributed by atoms with Crippen LogP contribution < -0.4 is 5.32 Å². The number of nitrogens with one attached hydrogen (secondary N) is 1. The lowest BCUT2D eigenvalue weighted by Crippen LogP contribution is -2.52. The van der Waals surface area contributed by atoms with Crippen LogP contribution in [0.15, 0.2) is 0 Å². The van der Waals surface area contributed by atoms with Gasteiger partial charge in [0, 0.05) is 18.6 Å². The molecule has 0 spiro atoms. The molecule has 2 heteroatoms. The highest BCUT2D eigenvalue weighted by Crippen LogP contribution is 2.39. The van der Waals surface area contributed by atoms with Gasteiger partial charge in [0.25, 0.3) is 0 Å². The van der Waals surface area contributed by atoms with Crippen molar-refractivity contribution in [3.63, 3.8) is 0 Å². The van der Waals surface area contributed by atoms with Gasteiger partial charge in [0.05, 0.1) is 0 Å². The van der Waals surface area contributed by atoms with E-state index in [4.69, 9.17) is 0 Å². The Hall–Kier alpha value is -0.0800. The first-order valence-corrected chi connectivity index (χ1v) is 6.62. The summed E-state index contributed by atoms with van der Waals surface area (Å²) in [5.41, 5.74) is 0. The SMILES string of the molecule is CNCC1CCC1N(CC(C)C)C1CC1. The second kappa shape index (κ2) is 4.84. The van der Waals surface area contributed by atoms with Crippen LogP contribution in [0.25, 0.3) is 0 Å². The topological polar surface area (TPSA) is 15.3 Å². The molecule has 0 aromatic carbocycles. The smallest absolute Gasteiger partial charge is 0.0139 e. The zero-order chi connectivity index (χ0) is 10.8. The van der Waals surface area contributed by atoms with Gasteiger partial charge in [-0.3, -0.25) is 4.90 Å². The molecule has 88 valence electrons. The molecule has 0 aromatic rings. The van der Waals surface area contributed by atoms with Gasteiger partial charge in [-0.1, -0.05) is 13.8 Å². The van der Waals surface area contributed by atoms with E-state index in [1.165, 1.54) is 38.8 Å². The van der Waals surface area contributed by atoms with Crippen molar-refractivity contribution in [1.82, 2.24) is 10.2 Å². The molecule has 1 N–H and O–H groups in total. The average molecular weight is 210 g/mol. The lowest BCUT2D eigenvalue weighted by molar-refractivity contribution is 0.0467. The molecule has 2 saturated carbocycles. The van der Waals surface area contributed by atoms with E-state index in [2.05, 4.69) is 31.1 Å². The molecular weight excluding hydrogens is 184 g/mol. The maximum absolute atomic E-state index is 3.34. The summed E-state index contributed by atoms with van der Waals surface area (Å²) < 4.78 is 0. The first-order chi connectivity index (χ1) is 7.22. The zero-order valence-corrected chi connectivity index (χ0v) is 10.5. The number of hydrogen-bond acceptors (Lipinski definition) is 2. The van der Waals surface area contributed by atoms with Gasteiger partial charge in [0.2, 0.25) is 0 Å². The fraction of sp³-hybridized carbons (Fsp3) is 1.00. The van der Waals surface area contributed by atoms with Crippen LogP contribution in [0.5, 0.6) is 0 Å². The first-order valence-electron chi connectivity index (χ1n) is 6.62. The Bertz CT molecular complexity index is 199. The molecule has 0 saturated heterocycles. The Balaban J connectivity index is 1.86. The third kappa shape index (κ3) is 2.73. The standard InChI is InChI=1S/C13H26N2/c1-10(2)9-15(12-5-6-12)13-7-4-11(13)8-14-3/h10-14H,4-9H2,1-3H3. The van der Waals surface area contributed by atoms with Gasteiger partial charge in [-0.05, 0) is 51.1 Å². The molecule has 2 rings (SSSR count). The van der Waals surface area contributed by atoms with Crippen molar-refractivity contribution in [1.29, 1.82) is 0 Å². The molecule has 0 heterocycles. The monoisotopic (exact) mass is 210 g/mol. The quantitative estimate of drug-likeness (QED) is 0.722. The van der Waals surface area contributed by atoms with Crippen LogP contribution in [-0.4, -0.2) is 37.1 Å². The first kappa shape index (κ1) is 11.4. The van der Waals surface area contributed by atoms with Crippen LogP contribution in [0.4, 0.5) is 0 Å². The van der Waals surface area contributed by atoms with Crippen LogP contribution in [-0.2, 0) is 0 Å². The van der Waals surface area contributed by atoms with Crippen molar-refractivity contribution in [2.24, 2.45) is 11.8 Å². The summed E-state index contributed by atoms with van der Waals surface area (Å²) in [4.78, 5) is 2.82. The van der Waals surface area contributed by atoms with Crippen molar-refractivity contribution in [2.45, 2.75) is 51.6 Å². The Kier molecular flexibility index (Phi) is 3.68. The normalized spacial score (nSPS) is 31.0. The Morgan fingerprint density at radius 3 is 2.33 bits per heavy atom. The minimum atomic E-state index is 0.821. The summed E-state index contributed by atoms with van der Waals surface area (Å²) in [5.74, 6) is 1.75. The van der Waals surface area contributed by atoms with Crippen molar-refractivity contribution in [2.75, 3.05) is 20.1 Å². The predicted octanol–water partition coefficient (Wildman–Crippen LogP) is 2.10. The molecule has 15 heavy (non-hydrogen) atoms. The van der Waals surface area contributed by atoms with Crippen molar-refractivity contribution < 1.29 is 0 Å². The van der Waals surface area contributed by atoms with Gasteiger partial charge in [-0.2, -0.15) is 0 Å². The highest BCUT2D eigenvalue weighted by Gasteiger charge is 2.41. The molecule has 0 amide bonds. The molecule has 0 aromatic heterocycles. The molecular formula is C13H26N2. The summed E-state index contributed by atoms with van der Waals surface area (Å²) in [6.07, 6.45) is 5.79. The fourth-order valence-corrected chi connectivity index (χ4v) is 2.87. The van der Waals surface area contributed by atoms with E-state index in [1.54, 1.807) is 0 Å². The largest absolute Gasteiger partial charge is 0.319 e. The molecule has 2 unspecified atom stereocenters. The van der Waals surface area contributed by atoms with Crippen LogP contribution in [0, 0.1) is 11.8 Å². The minimum Gasteiger partial charge on any atom is -0.319 e. The van der Waals surface area contributed by atoms with E-state index in [-0.39, 0.29) is 0 Å². The molecule has 0 bridgehead atoms. The minimum absolute atomic E-state index is 0.821. The van der Waals surface area contributed by atoms with E-state index in [0.717, 1.165) is 23.9 Å². The Labute approximate surface area is 94.4 Å². The van der Waals surface area contributed by atoms with Gasteiger partial charge < -0.3 is 5.32 Å². The Morgan fingerprint density at radius 1 is 1.20 bits per heavy atom. The van der Waals surface area contributed by atoms with Gasteiger partial charge in [0.15, 0.2) is 0 Å². The van der Waals surface area contributed by atoms with E-state index < -0.39 is 0 Å². The molecule has 0 radical (unpaired) electrons. The molecule has 2 fully saturated rings. The second-order valence-electron chi connectivity index (χ2n) is 5.78. The fourth-order valence-electron chi connectivity index (χ4n) is 2.87. The summed E-state index contributed by atoms with van der Waals surface area (Å²) in [7, 11) is 2.08. The van der Waals surface area contributed by atoms with Crippen LogP contribution in [0.2, 0.25) is 0 Å². The molecule has 2 nitrogen and oxygen atoms in total. The number of rotatable bonds is 6. The number of nitrogens with zero attached hydrogens (tertiary/aromatic N) is 1.